The van der Waals surface area contributed by atoms with Gasteiger partial charge in [0.1, 0.15) is 11.8 Å². The molecule has 40 heavy (non-hydrogen) atoms. The molecule has 1 amide bonds. The summed E-state index contributed by atoms with van der Waals surface area (Å²) < 4.78 is 12.8. The molecule has 5 aromatic rings. The molecule has 2 aromatic heterocycles. The number of carbonyl (C=O) groups excluding carboxylic acids is 1. The Hall–Kier alpha value is -5.89. The van der Waals surface area contributed by atoms with Gasteiger partial charge >= 0.3 is 0 Å². The number of amides is 1. The fraction of sp³-hybridized carbons (Fsp3) is 0.0690. The number of nitriles is 1. The van der Waals surface area contributed by atoms with E-state index in [1.807, 2.05) is 36.4 Å². The summed E-state index contributed by atoms with van der Waals surface area (Å²) in [5.74, 6) is 1.28. The van der Waals surface area contributed by atoms with E-state index < -0.39 is 10.8 Å². The van der Waals surface area contributed by atoms with Crippen LogP contribution in [0.4, 0.5) is 22.7 Å². The van der Waals surface area contributed by atoms with E-state index in [-0.39, 0.29) is 11.3 Å². The second kappa shape index (κ2) is 10.8. The number of aromatic nitrogens is 2. The highest BCUT2D eigenvalue weighted by atomic mass is 16.6. The van der Waals surface area contributed by atoms with Crippen molar-refractivity contribution in [1.29, 1.82) is 5.26 Å². The number of anilines is 3. The van der Waals surface area contributed by atoms with Gasteiger partial charge in [-0.1, -0.05) is 18.2 Å². The van der Waals surface area contributed by atoms with Gasteiger partial charge in [-0.2, -0.15) is 10.4 Å². The van der Waals surface area contributed by atoms with Crippen molar-refractivity contribution >= 4 is 34.2 Å². The molecule has 0 unspecified atom stereocenters. The second-order valence-corrected chi connectivity index (χ2v) is 8.67. The Kier molecular flexibility index (Phi) is 6.98. The molecule has 0 radical (unpaired) electrons. The summed E-state index contributed by atoms with van der Waals surface area (Å²) in [6.07, 6.45) is 3.05. The first-order valence-electron chi connectivity index (χ1n) is 12.0. The lowest BCUT2D eigenvalue weighted by molar-refractivity contribution is -0.384. The molecule has 11 nitrogen and oxygen atoms in total. The van der Waals surface area contributed by atoms with Gasteiger partial charge in [-0.05, 0) is 49.4 Å². The number of hydrogen-bond donors (Lipinski definition) is 2. The molecule has 2 heterocycles. The van der Waals surface area contributed by atoms with Gasteiger partial charge in [-0.15, -0.1) is 0 Å². The fourth-order valence-electron chi connectivity index (χ4n) is 4.16. The molecule has 5 rings (SSSR count). The van der Waals surface area contributed by atoms with Gasteiger partial charge in [0, 0.05) is 28.9 Å². The molecule has 2 N–H and O–H groups in total. The molecule has 3 aromatic carbocycles. The van der Waals surface area contributed by atoms with E-state index in [2.05, 4.69) is 21.8 Å². The molecule has 0 aliphatic heterocycles. The van der Waals surface area contributed by atoms with Crippen molar-refractivity contribution in [2.24, 2.45) is 0 Å². The Morgan fingerprint density at radius 2 is 1.82 bits per heavy atom. The van der Waals surface area contributed by atoms with E-state index in [4.69, 9.17) is 9.47 Å². The number of nitrogens with one attached hydrogen (secondary N) is 2. The molecule has 0 saturated carbocycles. The molecule has 0 saturated heterocycles. The number of hydrogen-bond acceptors (Lipinski definition) is 8. The number of methoxy groups -OCH3 is 1. The Bertz CT molecular complexity index is 1790. The summed E-state index contributed by atoms with van der Waals surface area (Å²) in [4.78, 5) is 23.4. The fourth-order valence-corrected chi connectivity index (χ4v) is 4.16. The van der Waals surface area contributed by atoms with Crippen LogP contribution in [0.5, 0.6) is 17.2 Å². The molecule has 0 fully saturated rings. The van der Waals surface area contributed by atoms with Crippen LogP contribution in [0, 0.1) is 28.4 Å². The van der Waals surface area contributed by atoms with Crippen LogP contribution in [0.25, 0.3) is 5.52 Å². The van der Waals surface area contributed by atoms with Gasteiger partial charge in [0.2, 0.25) is 0 Å². The monoisotopic (exact) mass is 534 g/mol. The van der Waals surface area contributed by atoms with Crippen molar-refractivity contribution in [3.63, 3.8) is 0 Å². The molecule has 0 aliphatic rings. The highest BCUT2D eigenvalue weighted by molar-refractivity contribution is 6.06. The van der Waals surface area contributed by atoms with Crippen molar-refractivity contribution in [3.05, 3.63) is 112 Å². The molecule has 198 valence electrons. The molecule has 0 aliphatic carbocycles. The van der Waals surface area contributed by atoms with Gasteiger partial charge in [-0.25, -0.2) is 4.52 Å². The molecule has 0 spiro atoms. The van der Waals surface area contributed by atoms with Gasteiger partial charge in [0.15, 0.2) is 11.5 Å². The zero-order valence-electron chi connectivity index (χ0n) is 21.4. The summed E-state index contributed by atoms with van der Waals surface area (Å²) >= 11 is 0. The predicted molar refractivity (Wildman–Crippen MR) is 148 cm³/mol. The van der Waals surface area contributed by atoms with Crippen LogP contribution in [-0.4, -0.2) is 27.6 Å². The number of para-hydroxylation sites is 2. The van der Waals surface area contributed by atoms with Gasteiger partial charge in [-0.3, -0.25) is 14.9 Å². The van der Waals surface area contributed by atoms with E-state index in [1.165, 1.54) is 30.5 Å². The lowest BCUT2D eigenvalue weighted by atomic mass is 10.1. The van der Waals surface area contributed by atoms with Crippen LogP contribution in [0.2, 0.25) is 0 Å². The first-order valence-corrected chi connectivity index (χ1v) is 12.0. The number of carbonyl (C=O) groups is 1. The summed E-state index contributed by atoms with van der Waals surface area (Å²) in [5.41, 5.74) is 3.15. The lowest BCUT2D eigenvalue weighted by Crippen LogP contribution is -2.12. The van der Waals surface area contributed by atoms with Crippen LogP contribution in [0.3, 0.4) is 0 Å². The number of rotatable bonds is 8. The van der Waals surface area contributed by atoms with Gasteiger partial charge < -0.3 is 20.1 Å². The van der Waals surface area contributed by atoms with Crippen molar-refractivity contribution in [1.82, 2.24) is 9.61 Å². The standard InChI is InChI=1S/C29H22N6O5/c1-18-24(33-29(36)19-6-5-7-22(14-19)35(37)38)17-34-28(18)27(20(15-30)16-31-34)32-21-10-12-23(13-11-21)40-26-9-4-3-8-25(26)39-2/h3-14,16-17,32H,1-2H3,(H,33,36). The number of aryl methyl sites for hydroxylation is 1. The number of nitro groups is 1. The van der Waals surface area contributed by atoms with E-state index in [9.17, 15) is 20.2 Å². The minimum atomic E-state index is -0.558. The number of nitrogens with zero attached hydrogens (tertiary/aromatic N) is 4. The Balaban J connectivity index is 1.42. The minimum absolute atomic E-state index is 0.142. The SMILES string of the molecule is COc1ccccc1Oc1ccc(Nc2c(C#N)cnn3cc(NC(=O)c4cccc([N+](=O)[O-])c4)c(C)c23)cc1. The Morgan fingerprint density at radius 3 is 2.52 bits per heavy atom. The quantitative estimate of drug-likeness (QED) is 0.176. The number of fused-ring (bicyclic) bond motifs is 1. The molecule has 11 heteroatoms. The average Bonchev–Trinajstić information content (AvgIpc) is 3.29. The normalized spacial score (nSPS) is 10.5. The van der Waals surface area contributed by atoms with Crippen LogP contribution >= 0.6 is 0 Å². The lowest BCUT2D eigenvalue weighted by Gasteiger charge is -2.13. The van der Waals surface area contributed by atoms with Gasteiger partial charge in [0.05, 0.1) is 46.9 Å². The number of nitro benzene ring substituents is 1. The maximum Gasteiger partial charge on any atom is 0.270 e. The Morgan fingerprint density at radius 1 is 1.07 bits per heavy atom. The highest BCUT2D eigenvalue weighted by Crippen LogP contribution is 2.34. The van der Waals surface area contributed by atoms with E-state index in [0.29, 0.717) is 51.0 Å². The van der Waals surface area contributed by atoms with Crippen LogP contribution < -0.4 is 20.1 Å². The zero-order valence-corrected chi connectivity index (χ0v) is 21.4. The van der Waals surface area contributed by atoms with Crippen LogP contribution in [-0.2, 0) is 0 Å². The van der Waals surface area contributed by atoms with Crippen LogP contribution in [0.15, 0.2) is 85.2 Å². The summed E-state index contributed by atoms with van der Waals surface area (Å²) in [5, 5.41) is 31.3. The summed E-state index contributed by atoms with van der Waals surface area (Å²) in [6, 6.07) is 22.1. The van der Waals surface area contributed by atoms with Gasteiger partial charge in [0.25, 0.3) is 11.6 Å². The average molecular weight is 535 g/mol. The minimum Gasteiger partial charge on any atom is -0.493 e. The van der Waals surface area contributed by atoms with E-state index in [0.717, 1.165) is 0 Å². The predicted octanol–water partition coefficient (Wildman–Crippen LogP) is 6.22. The van der Waals surface area contributed by atoms with Crippen molar-refractivity contribution in [2.75, 3.05) is 17.7 Å². The maximum absolute atomic E-state index is 12.9. The first kappa shape index (κ1) is 25.7. The number of benzene rings is 3. The first-order chi connectivity index (χ1) is 19.4. The van der Waals surface area contributed by atoms with E-state index >= 15 is 0 Å². The topological polar surface area (TPSA) is 144 Å². The third-order valence-electron chi connectivity index (χ3n) is 6.17. The Labute approximate surface area is 228 Å². The summed E-state index contributed by atoms with van der Waals surface area (Å²) in [7, 11) is 1.58. The molecule has 0 bridgehead atoms. The third-order valence-corrected chi connectivity index (χ3v) is 6.17. The van der Waals surface area contributed by atoms with Crippen molar-refractivity contribution in [3.8, 4) is 23.3 Å². The number of non-ortho nitro benzene ring substituents is 1. The summed E-state index contributed by atoms with van der Waals surface area (Å²) in [6.45, 7) is 1.79. The molecular weight excluding hydrogens is 512 g/mol. The van der Waals surface area contributed by atoms with E-state index in [1.54, 1.807) is 36.9 Å². The smallest absolute Gasteiger partial charge is 0.270 e. The molecular formula is C29H22N6O5. The number of ether oxygens (including phenoxy) is 2. The highest BCUT2D eigenvalue weighted by Gasteiger charge is 2.19. The molecule has 0 atom stereocenters. The van der Waals surface area contributed by atoms with Crippen molar-refractivity contribution < 1.29 is 19.2 Å². The second-order valence-electron chi connectivity index (χ2n) is 8.67. The third kappa shape index (κ3) is 5.09. The van der Waals surface area contributed by atoms with Crippen molar-refractivity contribution in [2.45, 2.75) is 6.92 Å². The maximum atomic E-state index is 12.9. The van der Waals surface area contributed by atoms with Crippen LogP contribution in [0.1, 0.15) is 21.5 Å². The zero-order chi connectivity index (χ0) is 28.2. The largest absolute Gasteiger partial charge is 0.493 e.